The molecular formula is C22H27N3O3. The third-order valence-electron chi connectivity index (χ3n) is 4.41. The molecule has 6 heteroatoms. The molecule has 6 nitrogen and oxygen atoms in total. The highest BCUT2D eigenvalue weighted by molar-refractivity contribution is 5.96. The lowest BCUT2D eigenvalue weighted by Gasteiger charge is -2.10. The molecule has 0 saturated heterocycles. The number of hydrogen-bond donors (Lipinski definition) is 3. The molecule has 0 bridgehead atoms. The Hall–Kier alpha value is -3.15. The Morgan fingerprint density at radius 1 is 0.893 bits per heavy atom. The first kappa shape index (κ1) is 21.2. The molecule has 28 heavy (non-hydrogen) atoms. The molecule has 148 valence electrons. The molecule has 0 aliphatic heterocycles. The van der Waals surface area contributed by atoms with Gasteiger partial charge in [-0.05, 0) is 54.8 Å². The summed E-state index contributed by atoms with van der Waals surface area (Å²) >= 11 is 0. The predicted molar refractivity (Wildman–Crippen MR) is 110 cm³/mol. The fourth-order valence-corrected chi connectivity index (χ4v) is 2.40. The average Bonchev–Trinajstić information content (AvgIpc) is 2.67. The van der Waals surface area contributed by atoms with Crippen molar-refractivity contribution < 1.29 is 14.4 Å². The van der Waals surface area contributed by atoms with E-state index in [2.05, 4.69) is 16.0 Å². The summed E-state index contributed by atoms with van der Waals surface area (Å²) in [5.41, 5.74) is 4.30. The van der Waals surface area contributed by atoms with E-state index in [9.17, 15) is 14.4 Å². The van der Waals surface area contributed by atoms with Crippen LogP contribution in [-0.4, -0.2) is 24.3 Å². The molecule has 3 amide bonds. The second kappa shape index (κ2) is 9.69. The maximum absolute atomic E-state index is 12.1. The van der Waals surface area contributed by atoms with E-state index in [0.717, 1.165) is 22.4 Å². The van der Waals surface area contributed by atoms with Crippen molar-refractivity contribution >= 4 is 23.4 Å². The third kappa shape index (κ3) is 6.23. The van der Waals surface area contributed by atoms with Gasteiger partial charge in [0, 0.05) is 23.7 Å². The Morgan fingerprint density at radius 3 is 2.18 bits per heavy atom. The van der Waals surface area contributed by atoms with Crippen molar-refractivity contribution in [1.29, 1.82) is 0 Å². The van der Waals surface area contributed by atoms with Crippen LogP contribution in [-0.2, 0) is 16.1 Å². The first-order chi connectivity index (χ1) is 13.3. The second-order valence-corrected chi connectivity index (χ2v) is 7.10. The highest BCUT2D eigenvalue weighted by Gasteiger charge is 2.09. The predicted octanol–water partition coefficient (Wildman–Crippen LogP) is 2.94. The van der Waals surface area contributed by atoms with Gasteiger partial charge in [0.05, 0.1) is 6.54 Å². The van der Waals surface area contributed by atoms with E-state index in [-0.39, 0.29) is 30.2 Å². The summed E-state index contributed by atoms with van der Waals surface area (Å²) in [7, 11) is 0. The molecule has 0 spiro atoms. The van der Waals surface area contributed by atoms with Gasteiger partial charge < -0.3 is 16.0 Å². The van der Waals surface area contributed by atoms with Gasteiger partial charge in [-0.2, -0.15) is 0 Å². The van der Waals surface area contributed by atoms with Gasteiger partial charge in [0.1, 0.15) is 0 Å². The summed E-state index contributed by atoms with van der Waals surface area (Å²) in [6, 6.07) is 12.7. The number of rotatable bonds is 7. The lowest BCUT2D eigenvalue weighted by Crippen LogP contribution is -2.36. The Balaban J connectivity index is 1.78. The van der Waals surface area contributed by atoms with Gasteiger partial charge in [-0.25, -0.2) is 0 Å². The summed E-state index contributed by atoms with van der Waals surface area (Å²) in [4.78, 5) is 35.8. The molecule has 0 unspecified atom stereocenters. The molecular weight excluding hydrogens is 354 g/mol. The van der Waals surface area contributed by atoms with Crippen LogP contribution in [0.2, 0.25) is 0 Å². The lowest BCUT2D eigenvalue weighted by molar-refractivity contribution is -0.120. The third-order valence-corrected chi connectivity index (χ3v) is 4.41. The lowest BCUT2D eigenvalue weighted by atomic mass is 10.1. The first-order valence-corrected chi connectivity index (χ1v) is 9.28. The zero-order chi connectivity index (χ0) is 20.7. The first-order valence-electron chi connectivity index (χ1n) is 9.28. The van der Waals surface area contributed by atoms with Gasteiger partial charge in [0.15, 0.2) is 0 Å². The summed E-state index contributed by atoms with van der Waals surface area (Å²) in [5.74, 6) is -0.670. The van der Waals surface area contributed by atoms with E-state index in [4.69, 9.17) is 0 Å². The van der Waals surface area contributed by atoms with Crippen molar-refractivity contribution in [3.05, 3.63) is 64.7 Å². The number of carbonyl (C=O) groups is 3. The number of aryl methyl sites for hydroxylation is 2. The van der Waals surface area contributed by atoms with Gasteiger partial charge in [-0.1, -0.05) is 32.0 Å². The number of carbonyl (C=O) groups excluding carboxylic acids is 3. The van der Waals surface area contributed by atoms with Crippen LogP contribution in [0.25, 0.3) is 0 Å². The SMILES string of the molecule is Cc1ccc(C(=O)NCC(=O)NCc2ccc(NC(=O)C(C)C)cc2)cc1C. The van der Waals surface area contributed by atoms with Gasteiger partial charge in [-0.15, -0.1) is 0 Å². The highest BCUT2D eigenvalue weighted by atomic mass is 16.2. The Kier molecular flexibility index (Phi) is 7.32. The van der Waals surface area contributed by atoms with E-state index in [0.29, 0.717) is 12.1 Å². The van der Waals surface area contributed by atoms with Crippen molar-refractivity contribution in [2.75, 3.05) is 11.9 Å². The summed E-state index contributed by atoms with van der Waals surface area (Å²) < 4.78 is 0. The summed E-state index contributed by atoms with van der Waals surface area (Å²) in [6.45, 7) is 7.84. The van der Waals surface area contributed by atoms with Gasteiger partial charge in [0.25, 0.3) is 5.91 Å². The quantitative estimate of drug-likeness (QED) is 0.689. The molecule has 0 heterocycles. The fourth-order valence-electron chi connectivity index (χ4n) is 2.40. The largest absolute Gasteiger partial charge is 0.350 e. The van der Waals surface area contributed by atoms with Crippen molar-refractivity contribution in [2.24, 2.45) is 5.92 Å². The summed E-state index contributed by atoms with van der Waals surface area (Å²) in [6.07, 6.45) is 0. The normalized spacial score (nSPS) is 10.5. The maximum Gasteiger partial charge on any atom is 0.251 e. The fraction of sp³-hybridized carbons (Fsp3) is 0.318. The topological polar surface area (TPSA) is 87.3 Å². The number of benzene rings is 2. The van der Waals surface area contributed by atoms with Crippen LogP contribution in [0.5, 0.6) is 0 Å². The van der Waals surface area contributed by atoms with Gasteiger partial charge in [-0.3, -0.25) is 14.4 Å². The molecule has 0 saturated carbocycles. The molecule has 0 fully saturated rings. The van der Waals surface area contributed by atoms with Gasteiger partial charge >= 0.3 is 0 Å². The van der Waals surface area contributed by atoms with Crippen LogP contribution < -0.4 is 16.0 Å². The van der Waals surface area contributed by atoms with Crippen LogP contribution in [0, 0.1) is 19.8 Å². The molecule has 0 aromatic heterocycles. The van der Waals surface area contributed by atoms with Crippen LogP contribution in [0.1, 0.15) is 40.9 Å². The second-order valence-electron chi connectivity index (χ2n) is 7.10. The standard InChI is InChI=1S/C22H27N3O3/c1-14(2)21(27)25-19-9-6-17(7-10-19)12-23-20(26)13-24-22(28)18-8-5-15(3)16(4)11-18/h5-11,14H,12-13H2,1-4H3,(H,23,26)(H,24,28)(H,25,27). The minimum absolute atomic E-state index is 0.0411. The number of nitrogens with one attached hydrogen (secondary N) is 3. The zero-order valence-electron chi connectivity index (χ0n) is 16.8. The molecule has 0 radical (unpaired) electrons. The zero-order valence-corrected chi connectivity index (χ0v) is 16.8. The smallest absolute Gasteiger partial charge is 0.251 e. The monoisotopic (exact) mass is 381 g/mol. The molecule has 2 aromatic rings. The van der Waals surface area contributed by atoms with Crippen molar-refractivity contribution in [3.63, 3.8) is 0 Å². The van der Waals surface area contributed by atoms with E-state index in [1.165, 1.54) is 0 Å². The molecule has 0 aliphatic carbocycles. The van der Waals surface area contributed by atoms with E-state index in [1.807, 2.05) is 52.0 Å². The van der Waals surface area contributed by atoms with Crippen molar-refractivity contribution in [3.8, 4) is 0 Å². The Morgan fingerprint density at radius 2 is 1.57 bits per heavy atom. The highest BCUT2D eigenvalue weighted by Crippen LogP contribution is 2.11. The van der Waals surface area contributed by atoms with Crippen LogP contribution in [0.3, 0.4) is 0 Å². The molecule has 2 aromatic carbocycles. The molecule has 3 N–H and O–H groups in total. The number of hydrogen-bond acceptors (Lipinski definition) is 3. The number of anilines is 1. The van der Waals surface area contributed by atoms with Crippen molar-refractivity contribution in [1.82, 2.24) is 10.6 Å². The van der Waals surface area contributed by atoms with Gasteiger partial charge in [0.2, 0.25) is 11.8 Å². The van der Waals surface area contributed by atoms with Crippen LogP contribution >= 0.6 is 0 Å². The van der Waals surface area contributed by atoms with Crippen molar-refractivity contribution in [2.45, 2.75) is 34.2 Å². The minimum Gasteiger partial charge on any atom is -0.350 e. The van der Waals surface area contributed by atoms with E-state index < -0.39 is 0 Å². The Bertz CT molecular complexity index is 858. The molecule has 2 rings (SSSR count). The average molecular weight is 381 g/mol. The number of amides is 3. The maximum atomic E-state index is 12.1. The summed E-state index contributed by atoms with van der Waals surface area (Å²) in [5, 5.41) is 8.20. The van der Waals surface area contributed by atoms with E-state index >= 15 is 0 Å². The minimum atomic E-state index is -0.275. The van der Waals surface area contributed by atoms with E-state index in [1.54, 1.807) is 18.2 Å². The molecule has 0 aliphatic rings. The molecule has 0 atom stereocenters. The van der Waals surface area contributed by atoms with Crippen LogP contribution in [0.4, 0.5) is 5.69 Å². The Labute approximate surface area is 165 Å². The van der Waals surface area contributed by atoms with Crippen LogP contribution in [0.15, 0.2) is 42.5 Å².